The third kappa shape index (κ3) is 3.28. The van der Waals surface area contributed by atoms with Crippen molar-refractivity contribution in [3.8, 4) is 0 Å². The normalized spacial score (nSPS) is 11.9. The number of aryl methyl sites for hydroxylation is 1. The molecular formula is C7H12ClN3O2S. The van der Waals surface area contributed by atoms with Gasteiger partial charge in [0.05, 0.1) is 0 Å². The Morgan fingerprint density at radius 1 is 1.64 bits per heavy atom. The van der Waals surface area contributed by atoms with Crippen LogP contribution in [0.1, 0.15) is 5.82 Å². The molecule has 0 atom stereocenters. The molecule has 1 aromatic rings. The van der Waals surface area contributed by atoms with E-state index in [1.165, 1.54) is 0 Å². The standard InChI is InChI=1S/C7H12ClN3O2S/c1-11-5-4-9-7(11)2-3-10-14(12,13)6-8/h4-5,10H,2-3,6H2,1H3. The summed E-state index contributed by atoms with van der Waals surface area (Å²) in [7, 11) is -1.45. The molecule has 0 aliphatic rings. The zero-order valence-corrected chi connectivity index (χ0v) is 9.35. The number of hydrogen-bond donors (Lipinski definition) is 1. The van der Waals surface area contributed by atoms with Crippen molar-refractivity contribution in [1.29, 1.82) is 0 Å². The van der Waals surface area contributed by atoms with Gasteiger partial charge in [0, 0.05) is 32.4 Å². The van der Waals surface area contributed by atoms with E-state index in [2.05, 4.69) is 9.71 Å². The molecule has 1 aromatic heterocycles. The summed E-state index contributed by atoms with van der Waals surface area (Å²) in [5.74, 6) is 0.835. The monoisotopic (exact) mass is 237 g/mol. The van der Waals surface area contributed by atoms with Crippen LogP contribution in [0.25, 0.3) is 0 Å². The highest BCUT2D eigenvalue weighted by Crippen LogP contribution is 1.95. The third-order valence-electron chi connectivity index (χ3n) is 1.74. The molecule has 7 heteroatoms. The molecule has 80 valence electrons. The van der Waals surface area contributed by atoms with E-state index in [1.807, 2.05) is 17.8 Å². The summed E-state index contributed by atoms with van der Waals surface area (Å²) in [6.45, 7) is 0.319. The minimum absolute atomic E-state index is 0.319. The number of hydrogen-bond acceptors (Lipinski definition) is 3. The summed E-state index contributed by atoms with van der Waals surface area (Å²) in [6, 6.07) is 0. The lowest BCUT2D eigenvalue weighted by atomic mass is 10.4. The second-order valence-electron chi connectivity index (χ2n) is 2.82. The zero-order chi connectivity index (χ0) is 10.6. The maximum atomic E-state index is 10.9. The lowest BCUT2D eigenvalue weighted by Gasteiger charge is -2.03. The van der Waals surface area contributed by atoms with Crippen molar-refractivity contribution in [2.24, 2.45) is 7.05 Å². The Balaban J connectivity index is 2.40. The number of alkyl halides is 1. The summed E-state index contributed by atoms with van der Waals surface area (Å²) < 4.78 is 26.1. The zero-order valence-electron chi connectivity index (χ0n) is 7.77. The van der Waals surface area contributed by atoms with Crippen molar-refractivity contribution in [1.82, 2.24) is 14.3 Å². The van der Waals surface area contributed by atoms with Gasteiger partial charge in [-0.1, -0.05) is 0 Å². The maximum absolute atomic E-state index is 10.9. The molecule has 0 radical (unpaired) electrons. The first-order valence-electron chi connectivity index (χ1n) is 4.04. The van der Waals surface area contributed by atoms with Gasteiger partial charge in [-0.05, 0) is 0 Å². The molecule has 0 aliphatic heterocycles. The minimum Gasteiger partial charge on any atom is -0.338 e. The molecule has 0 aliphatic carbocycles. The minimum atomic E-state index is -3.31. The van der Waals surface area contributed by atoms with Crippen LogP contribution in [0.4, 0.5) is 0 Å². The van der Waals surface area contributed by atoms with Gasteiger partial charge >= 0.3 is 0 Å². The van der Waals surface area contributed by atoms with Crippen molar-refractivity contribution in [2.45, 2.75) is 6.42 Å². The van der Waals surface area contributed by atoms with E-state index in [9.17, 15) is 8.42 Å². The van der Waals surface area contributed by atoms with Crippen molar-refractivity contribution >= 4 is 21.6 Å². The third-order valence-corrected chi connectivity index (χ3v) is 3.53. The van der Waals surface area contributed by atoms with Gasteiger partial charge in [0.15, 0.2) is 0 Å². The van der Waals surface area contributed by atoms with Crippen LogP contribution in [-0.2, 0) is 23.5 Å². The molecule has 1 heterocycles. The second-order valence-corrected chi connectivity index (χ2v) is 5.21. The number of aromatic nitrogens is 2. The topological polar surface area (TPSA) is 64.0 Å². The first kappa shape index (κ1) is 11.5. The van der Waals surface area contributed by atoms with Gasteiger partial charge in [-0.2, -0.15) is 0 Å². The van der Waals surface area contributed by atoms with E-state index >= 15 is 0 Å². The molecule has 0 aromatic carbocycles. The predicted octanol–water partition coefficient (Wildman–Crippen LogP) is 0.0783. The molecule has 0 unspecified atom stereocenters. The Bertz CT molecular complexity index is 387. The van der Waals surface area contributed by atoms with Crippen molar-refractivity contribution in [3.05, 3.63) is 18.2 Å². The summed E-state index contributed by atoms with van der Waals surface area (Å²) in [6.07, 6.45) is 4.04. The van der Waals surface area contributed by atoms with Crippen LogP contribution in [0.2, 0.25) is 0 Å². The number of sulfonamides is 1. The lowest BCUT2D eigenvalue weighted by molar-refractivity contribution is 0.584. The van der Waals surface area contributed by atoms with E-state index in [4.69, 9.17) is 11.6 Å². The summed E-state index contributed by atoms with van der Waals surface area (Å²) in [4.78, 5) is 4.06. The van der Waals surface area contributed by atoms with Crippen molar-refractivity contribution in [2.75, 3.05) is 11.8 Å². The molecular weight excluding hydrogens is 226 g/mol. The highest BCUT2D eigenvalue weighted by Gasteiger charge is 2.07. The van der Waals surface area contributed by atoms with E-state index in [0.717, 1.165) is 5.82 Å². The molecule has 0 spiro atoms. The first-order chi connectivity index (χ1) is 6.55. The first-order valence-corrected chi connectivity index (χ1v) is 6.23. The van der Waals surface area contributed by atoms with E-state index in [-0.39, 0.29) is 0 Å². The number of nitrogens with one attached hydrogen (secondary N) is 1. The Labute approximate surface area is 88.1 Å². The molecule has 1 rings (SSSR count). The average molecular weight is 238 g/mol. The summed E-state index contributed by atoms with van der Waals surface area (Å²) >= 11 is 5.21. The largest absolute Gasteiger partial charge is 0.338 e. The highest BCUT2D eigenvalue weighted by atomic mass is 35.5. The SMILES string of the molecule is Cn1ccnc1CCNS(=O)(=O)CCl. The Morgan fingerprint density at radius 3 is 2.86 bits per heavy atom. The molecule has 0 saturated carbocycles. The summed E-state index contributed by atoms with van der Waals surface area (Å²) in [5, 5.41) is -0.409. The van der Waals surface area contributed by atoms with E-state index in [1.54, 1.807) is 6.20 Å². The highest BCUT2D eigenvalue weighted by molar-refractivity contribution is 7.90. The van der Waals surface area contributed by atoms with Crippen molar-refractivity contribution < 1.29 is 8.42 Å². The number of rotatable bonds is 5. The van der Waals surface area contributed by atoms with Gasteiger partial charge in [0.25, 0.3) is 0 Å². The van der Waals surface area contributed by atoms with Crippen LogP contribution in [-0.4, -0.2) is 29.7 Å². The van der Waals surface area contributed by atoms with Crippen LogP contribution < -0.4 is 4.72 Å². The molecule has 5 nitrogen and oxygen atoms in total. The smallest absolute Gasteiger partial charge is 0.225 e. The van der Waals surface area contributed by atoms with Gasteiger partial charge in [0.1, 0.15) is 11.0 Å². The Hall–Kier alpha value is -0.590. The van der Waals surface area contributed by atoms with E-state index in [0.29, 0.717) is 13.0 Å². The maximum Gasteiger partial charge on any atom is 0.225 e. The van der Waals surface area contributed by atoms with Crippen LogP contribution in [0, 0.1) is 0 Å². The number of halogens is 1. The van der Waals surface area contributed by atoms with Gasteiger partial charge in [-0.15, -0.1) is 11.6 Å². The van der Waals surface area contributed by atoms with Crippen LogP contribution in [0.5, 0.6) is 0 Å². The number of nitrogens with zero attached hydrogens (tertiary/aromatic N) is 2. The van der Waals surface area contributed by atoms with Gasteiger partial charge in [0.2, 0.25) is 10.0 Å². The molecule has 0 bridgehead atoms. The quantitative estimate of drug-likeness (QED) is 0.738. The van der Waals surface area contributed by atoms with E-state index < -0.39 is 15.2 Å². The fourth-order valence-electron chi connectivity index (χ4n) is 0.994. The molecule has 14 heavy (non-hydrogen) atoms. The van der Waals surface area contributed by atoms with Crippen LogP contribution >= 0.6 is 11.6 Å². The fourth-order valence-corrected chi connectivity index (χ4v) is 1.72. The second kappa shape index (κ2) is 4.77. The van der Waals surface area contributed by atoms with Crippen LogP contribution in [0.15, 0.2) is 12.4 Å². The van der Waals surface area contributed by atoms with Crippen LogP contribution in [0.3, 0.4) is 0 Å². The molecule has 0 fully saturated rings. The number of imidazole rings is 1. The summed E-state index contributed by atoms with van der Waals surface area (Å²) in [5.41, 5.74) is 0. The van der Waals surface area contributed by atoms with Crippen molar-refractivity contribution in [3.63, 3.8) is 0 Å². The fraction of sp³-hybridized carbons (Fsp3) is 0.571. The van der Waals surface area contributed by atoms with Gasteiger partial charge in [-0.25, -0.2) is 18.1 Å². The lowest BCUT2D eigenvalue weighted by Crippen LogP contribution is -2.27. The molecule has 0 amide bonds. The molecule has 1 N–H and O–H groups in total. The Morgan fingerprint density at radius 2 is 2.36 bits per heavy atom. The molecule has 0 saturated heterocycles. The van der Waals surface area contributed by atoms with Gasteiger partial charge < -0.3 is 4.57 Å². The van der Waals surface area contributed by atoms with Gasteiger partial charge in [-0.3, -0.25) is 0 Å². The predicted molar refractivity (Wildman–Crippen MR) is 54.6 cm³/mol. The average Bonchev–Trinajstić information content (AvgIpc) is 2.52. The Kier molecular flexibility index (Phi) is 3.91.